The summed E-state index contributed by atoms with van der Waals surface area (Å²) in [5.41, 5.74) is 1.35. The number of aryl methyl sites for hydroxylation is 1. The van der Waals surface area contributed by atoms with E-state index >= 15 is 0 Å². The number of nitrogens with zero attached hydrogens (tertiary/aromatic N) is 1. The molecule has 0 fully saturated rings. The predicted octanol–water partition coefficient (Wildman–Crippen LogP) is 3.03. The van der Waals surface area contributed by atoms with Crippen molar-refractivity contribution in [3.63, 3.8) is 0 Å². The van der Waals surface area contributed by atoms with Crippen LogP contribution in [0.1, 0.15) is 22.5 Å². The molecule has 1 heterocycles. The van der Waals surface area contributed by atoms with Gasteiger partial charge in [-0.3, -0.25) is 9.59 Å². The Morgan fingerprint density at radius 1 is 1.38 bits per heavy atom. The third-order valence-corrected chi connectivity index (χ3v) is 3.55. The van der Waals surface area contributed by atoms with E-state index in [0.717, 1.165) is 10.9 Å². The second-order valence-electron chi connectivity index (χ2n) is 4.75. The van der Waals surface area contributed by atoms with Crippen LogP contribution in [0, 0.1) is 6.92 Å². The largest absolute Gasteiger partial charge is 0.469 e. The van der Waals surface area contributed by atoms with E-state index in [0.29, 0.717) is 10.6 Å². The van der Waals surface area contributed by atoms with Crippen LogP contribution < -0.4 is 0 Å². The molecule has 0 aliphatic rings. The molecule has 0 N–H and O–H groups in total. The number of halogens is 1. The average Bonchev–Trinajstić information content (AvgIpc) is 2.80. The second kappa shape index (κ2) is 6.18. The molecule has 0 unspecified atom stereocenters. The van der Waals surface area contributed by atoms with Crippen LogP contribution in [0.15, 0.2) is 22.6 Å². The van der Waals surface area contributed by atoms with Gasteiger partial charge in [-0.1, -0.05) is 11.6 Å². The molecule has 0 aliphatic carbocycles. The predicted molar refractivity (Wildman–Crippen MR) is 79.6 cm³/mol. The van der Waals surface area contributed by atoms with Gasteiger partial charge in [0.15, 0.2) is 5.76 Å². The number of ether oxygens (including phenoxy) is 1. The minimum atomic E-state index is -0.359. The molecule has 2 rings (SSSR count). The molecule has 1 aromatic heterocycles. The lowest BCUT2D eigenvalue weighted by atomic mass is 10.1. The molecule has 0 aliphatic heterocycles. The zero-order chi connectivity index (χ0) is 15.6. The summed E-state index contributed by atoms with van der Waals surface area (Å²) in [6.07, 6.45) is 0.143. The van der Waals surface area contributed by atoms with Crippen molar-refractivity contribution in [2.75, 3.05) is 20.7 Å². The Morgan fingerprint density at radius 3 is 2.76 bits per heavy atom. The number of benzene rings is 1. The molecule has 0 bridgehead atoms. The Bertz CT molecular complexity index is 692. The van der Waals surface area contributed by atoms with Crippen LogP contribution in [0.4, 0.5) is 0 Å². The molecule has 112 valence electrons. The third kappa shape index (κ3) is 3.19. The molecule has 2 aromatic rings. The summed E-state index contributed by atoms with van der Waals surface area (Å²) in [4.78, 5) is 24.9. The molecule has 1 aromatic carbocycles. The van der Waals surface area contributed by atoms with Crippen LogP contribution in [0.2, 0.25) is 5.02 Å². The van der Waals surface area contributed by atoms with E-state index in [9.17, 15) is 9.59 Å². The lowest BCUT2D eigenvalue weighted by Crippen LogP contribution is -2.29. The summed E-state index contributed by atoms with van der Waals surface area (Å²) >= 11 is 5.95. The normalized spacial score (nSPS) is 10.7. The van der Waals surface area contributed by atoms with Crippen LogP contribution in [-0.4, -0.2) is 37.5 Å². The number of amides is 1. The van der Waals surface area contributed by atoms with Crippen molar-refractivity contribution in [1.82, 2.24) is 4.90 Å². The summed E-state index contributed by atoms with van der Waals surface area (Å²) in [6.45, 7) is 2.08. The number of carbonyl (C=O) groups excluding carboxylic acids is 2. The minimum absolute atomic E-state index is 0.143. The van der Waals surface area contributed by atoms with Crippen molar-refractivity contribution in [2.24, 2.45) is 0 Å². The fourth-order valence-electron chi connectivity index (χ4n) is 2.03. The third-order valence-electron chi connectivity index (χ3n) is 3.32. The summed E-state index contributed by atoms with van der Waals surface area (Å²) in [5.74, 6) is -0.369. The topological polar surface area (TPSA) is 59.8 Å². The van der Waals surface area contributed by atoms with Crippen LogP contribution in [0.5, 0.6) is 0 Å². The zero-order valence-corrected chi connectivity index (χ0v) is 12.9. The van der Waals surface area contributed by atoms with Gasteiger partial charge in [-0.05, 0) is 25.1 Å². The Morgan fingerprint density at radius 2 is 2.10 bits per heavy atom. The van der Waals surface area contributed by atoms with Gasteiger partial charge >= 0.3 is 5.97 Å². The summed E-state index contributed by atoms with van der Waals surface area (Å²) < 4.78 is 10.2. The Kier molecular flexibility index (Phi) is 4.53. The van der Waals surface area contributed by atoms with E-state index < -0.39 is 0 Å². The van der Waals surface area contributed by atoms with Crippen LogP contribution in [0.25, 0.3) is 11.0 Å². The molecular formula is C15H16ClNO4. The SMILES string of the molecule is COC(=O)CCN(C)C(=O)c1oc2ccc(Cl)cc2c1C. The smallest absolute Gasteiger partial charge is 0.307 e. The Hall–Kier alpha value is -2.01. The molecule has 0 saturated carbocycles. The second-order valence-corrected chi connectivity index (χ2v) is 5.19. The number of rotatable bonds is 4. The van der Waals surface area contributed by atoms with E-state index in [1.165, 1.54) is 12.0 Å². The number of esters is 1. The maximum Gasteiger partial charge on any atom is 0.307 e. The van der Waals surface area contributed by atoms with Crippen molar-refractivity contribution in [3.05, 3.63) is 34.5 Å². The van der Waals surface area contributed by atoms with Gasteiger partial charge in [-0.2, -0.15) is 0 Å². The van der Waals surface area contributed by atoms with Gasteiger partial charge in [0, 0.05) is 29.6 Å². The fraction of sp³-hybridized carbons (Fsp3) is 0.333. The van der Waals surface area contributed by atoms with Crippen LogP contribution in [0.3, 0.4) is 0 Å². The first-order chi connectivity index (χ1) is 9.93. The highest BCUT2D eigenvalue weighted by Crippen LogP contribution is 2.28. The van der Waals surface area contributed by atoms with E-state index in [1.54, 1.807) is 25.2 Å². The monoisotopic (exact) mass is 309 g/mol. The van der Waals surface area contributed by atoms with Gasteiger partial charge in [-0.25, -0.2) is 0 Å². The summed E-state index contributed by atoms with van der Waals surface area (Å²) in [5, 5.41) is 1.40. The highest BCUT2D eigenvalue weighted by atomic mass is 35.5. The molecule has 1 amide bonds. The fourth-order valence-corrected chi connectivity index (χ4v) is 2.21. The van der Waals surface area contributed by atoms with Crippen molar-refractivity contribution in [1.29, 1.82) is 0 Å². The molecule has 21 heavy (non-hydrogen) atoms. The molecule has 6 heteroatoms. The molecule has 0 radical (unpaired) electrons. The highest BCUT2D eigenvalue weighted by molar-refractivity contribution is 6.31. The van der Waals surface area contributed by atoms with E-state index in [4.69, 9.17) is 16.0 Å². The number of furan rings is 1. The van der Waals surface area contributed by atoms with Gasteiger partial charge in [0.1, 0.15) is 5.58 Å². The first kappa shape index (κ1) is 15.4. The van der Waals surface area contributed by atoms with Crippen LogP contribution >= 0.6 is 11.6 Å². The molecular weight excluding hydrogens is 294 g/mol. The number of methoxy groups -OCH3 is 1. The summed E-state index contributed by atoms with van der Waals surface area (Å²) in [6, 6.07) is 5.21. The lowest BCUT2D eigenvalue weighted by Gasteiger charge is -2.15. The van der Waals surface area contributed by atoms with Gasteiger partial charge in [0.2, 0.25) is 0 Å². The van der Waals surface area contributed by atoms with E-state index in [1.807, 2.05) is 6.92 Å². The number of carbonyl (C=O) groups is 2. The molecule has 0 spiro atoms. The van der Waals surface area contributed by atoms with Gasteiger partial charge < -0.3 is 14.1 Å². The standard InChI is InChI=1S/C15H16ClNO4/c1-9-11-8-10(16)4-5-12(11)21-14(9)15(19)17(2)7-6-13(18)20-3/h4-5,8H,6-7H2,1-3H3. The maximum absolute atomic E-state index is 12.4. The number of hydrogen-bond donors (Lipinski definition) is 0. The summed E-state index contributed by atoms with van der Waals surface area (Å²) in [7, 11) is 2.93. The Balaban J connectivity index is 2.23. The lowest BCUT2D eigenvalue weighted by molar-refractivity contribution is -0.140. The highest BCUT2D eigenvalue weighted by Gasteiger charge is 2.21. The number of fused-ring (bicyclic) bond motifs is 1. The van der Waals surface area contributed by atoms with Gasteiger partial charge in [0.05, 0.1) is 13.5 Å². The average molecular weight is 310 g/mol. The van der Waals surface area contributed by atoms with E-state index in [2.05, 4.69) is 4.74 Å². The van der Waals surface area contributed by atoms with E-state index in [-0.39, 0.29) is 30.6 Å². The first-order valence-electron chi connectivity index (χ1n) is 6.45. The first-order valence-corrected chi connectivity index (χ1v) is 6.82. The zero-order valence-electron chi connectivity index (χ0n) is 12.1. The van der Waals surface area contributed by atoms with Gasteiger partial charge in [-0.15, -0.1) is 0 Å². The molecule has 0 atom stereocenters. The minimum Gasteiger partial charge on any atom is -0.469 e. The van der Waals surface area contributed by atoms with Crippen LogP contribution in [-0.2, 0) is 9.53 Å². The Labute approximate surface area is 127 Å². The van der Waals surface area contributed by atoms with Crippen molar-refractivity contribution < 1.29 is 18.7 Å². The maximum atomic E-state index is 12.4. The van der Waals surface area contributed by atoms with Crippen molar-refractivity contribution in [3.8, 4) is 0 Å². The van der Waals surface area contributed by atoms with Crippen molar-refractivity contribution >= 4 is 34.4 Å². The molecule has 5 nitrogen and oxygen atoms in total. The number of hydrogen-bond acceptors (Lipinski definition) is 4. The van der Waals surface area contributed by atoms with Gasteiger partial charge in [0.25, 0.3) is 5.91 Å². The molecule has 0 saturated heterocycles. The van der Waals surface area contributed by atoms with Crippen molar-refractivity contribution in [2.45, 2.75) is 13.3 Å². The quantitative estimate of drug-likeness (QED) is 0.815.